The van der Waals surface area contributed by atoms with Crippen LogP contribution in [0.3, 0.4) is 0 Å². The van der Waals surface area contributed by atoms with Gasteiger partial charge in [-0.05, 0) is 118 Å². The number of rotatable bonds is 1. The molecular formula is C44H37BN2OS. The molecule has 0 N–H and O–H groups in total. The van der Waals surface area contributed by atoms with Crippen molar-refractivity contribution in [2.45, 2.75) is 65.2 Å². The van der Waals surface area contributed by atoms with E-state index in [4.69, 9.17) is 4.42 Å². The maximum Gasteiger partial charge on any atom is 0.334 e. The van der Waals surface area contributed by atoms with Crippen LogP contribution in [0.5, 0.6) is 0 Å². The van der Waals surface area contributed by atoms with E-state index in [1.807, 2.05) is 11.3 Å². The largest absolute Gasteiger partial charge is 0.454 e. The van der Waals surface area contributed by atoms with Crippen LogP contribution in [0.25, 0.3) is 54.2 Å². The second kappa shape index (κ2) is 9.08. The summed E-state index contributed by atoms with van der Waals surface area (Å²) in [5.41, 5.74) is 18.3. The van der Waals surface area contributed by atoms with Gasteiger partial charge in [0.15, 0.2) is 5.58 Å². The summed E-state index contributed by atoms with van der Waals surface area (Å²) in [7, 11) is 0. The minimum absolute atomic E-state index is 0.0113. The third kappa shape index (κ3) is 3.44. The first-order valence-corrected chi connectivity index (χ1v) is 18.5. The van der Waals surface area contributed by atoms with Crippen molar-refractivity contribution in [3.05, 3.63) is 113 Å². The second-order valence-electron chi connectivity index (χ2n) is 16.1. The molecule has 0 amide bonds. The Kier molecular flexibility index (Phi) is 5.21. The van der Waals surface area contributed by atoms with E-state index >= 15 is 0 Å². The summed E-state index contributed by atoms with van der Waals surface area (Å²) in [6.45, 7) is 14.4. The molecule has 1 aliphatic carbocycles. The number of hydrogen-bond acceptors (Lipinski definition) is 3. The quantitative estimate of drug-likeness (QED) is 0.165. The molecule has 0 saturated heterocycles. The number of para-hydroxylation sites is 2. The van der Waals surface area contributed by atoms with Gasteiger partial charge in [-0.3, -0.25) is 0 Å². The minimum atomic E-state index is 0.0113. The van der Waals surface area contributed by atoms with Crippen molar-refractivity contribution in [1.29, 1.82) is 0 Å². The van der Waals surface area contributed by atoms with Crippen molar-refractivity contribution >= 4 is 88.5 Å². The highest BCUT2D eigenvalue weighted by molar-refractivity contribution is 7.26. The molecule has 0 atom stereocenters. The zero-order valence-electron chi connectivity index (χ0n) is 28.9. The van der Waals surface area contributed by atoms with Crippen LogP contribution in [0, 0.1) is 13.8 Å². The van der Waals surface area contributed by atoms with Gasteiger partial charge in [0.1, 0.15) is 5.58 Å². The molecule has 3 nitrogen and oxygen atoms in total. The maximum atomic E-state index is 6.72. The van der Waals surface area contributed by atoms with Crippen molar-refractivity contribution in [3.63, 3.8) is 0 Å². The number of thiophene rings is 1. The summed E-state index contributed by atoms with van der Waals surface area (Å²) in [6.07, 6.45) is 2.41. The van der Waals surface area contributed by atoms with Gasteiger partial charge in [0.2, 0.25) is 0 Å². The third-order valence-corrected chi connectivity index (χ3v) is 13.4. The van der Waals surface area contributed by atoms with Gasteiger partial charge in [0.25, 0.3) is 0 Å². The topological polar surface area (TPSA) is 21.3 Å². The molecule has 0 fully saturated rings. The molecule has 49 heavy (non-hydrogen) atoms. The Balaban J connectivity index is 1.31. The van der Waals surface area contributed by atoms with Crippen molar-refractivity contribution in [2.24, 2.45) is 0 Å². The number of furan rings is 1. The average Bonchev–Trinajstić information content (AvgIpc) is 3.75. The number of aromatic nitrogens is 1. The van der Waals surface area contributed by atoms with E-state index in [1.54, 1.807) is 0 Å². The SMILES string of the molecule is Cc1cc2c3c(c1)N(c1cc4c(cc1C)C(C)(C)CCC4(C)C)c1sc4ccccc4c1B3n1c3c-2cccc3c2oc3ccccc3c21. The summed E-state index contributed by atoms with van der Waals surface area (Å²) in [5, 5.41) is 5.04. The van der Waals surface area contributed by atoms with E-state index in [-0.39, 0.29) is 17.7 Å². The summed E-state index contributed by atoms with van der Waals surface area (Å²) in [6, 6.07) is 34.4. The Hall–Kier alpha value is -4.74. The van der Waals surface area contributed by atoms with Crippen molar-refractivity contribution in [1.82, 2.24) is 4.48 Å². The van der Waals surface area contributed by atoms with Crippen LogP contribution in [0.4, 0.5) is 16.4 Å². The summed E-state index contributed by atoms with van der Waals surface area (Å²) >= 11 is 1.94. The van der Waals surface area contributed by atoms with Gasteiger partial charge in [-0.2, -0.15) is 0 Å². The lowest BCUT2D eigenvalue weighted by molar-refractivity contribution is 0.332. The van der Waals surface area contributed by atoms with E-state index in [1.165, 1.54) is 105 Å². The monoisotopic (exact) mass is 652 g/mol. The highest BCUT2D eigenvalue weighted by atomic mass is 32.1. The molecule has 0 spiro atoms. The fourth-order valence-electron chi connectivity index (χ4n) is 9.69. The van der Waals surface area contributed by atoms with Gasteiger partial charge < -0.3 is 13.8 Å². The molecule has 238 valence electrons. The van der Waals surface area contributed by atoms with E-state index < -0.39 is 0 Å². The summed E-state index contributed by atoms with van der Waals surface area (Å²) < 4.78 is 10.7. The molecule has 3 aromatic heterocycles. The van der Waals surface area contributed by atoms with Crippen LogP contribution in [0.1, 0.15) is 62.8 Å². The third-order valence-electron chi connectivity index (χ3n) is 12.2. The molecule has 11 rings (SSSR count). The Morgan fingerprint density at radius 2 is 1.39 bits per heavy atom. The predicted molar refractivity (Wildman–Crippen MR) is 210 cm³/mol. The molecular weight excluding hydrogens is 615 g/mol. The molecule has 5 aromatic carbocycles. The standard InChI is InChI=1S/C44H37BN2OS/c1-24-20-30-26-14-11-15-29-39(26)47(40-27-12-7-9-16-35(27)48-41(29)40)45-37(30)34(21-24)46(42-38(45)28-13-8-10-17-36(28)49-42)33-23-32-31(22-25(33)2)43(3,4)18-19-44(32,5)6/h7-17,20-23H,18-19H2,1-6H3. The van der Waals surface area contributed by atoms with Gasteiger partial charge in [0.05, 0.1) is 16.2 Å². The van der Waals surface area contributed by atoms with Crippen LogP contribution in [0.15, 0.2) is 95.4 Å². The van der Waals surface area contributed by atoms with Gasteiger partial charge in [-0.15, -0.1) is 11.3 Å². The second-order valence-corrected chi connectivity index (χ2v) is 17.1. The lowest BCUT2D eigenvalue weighted by Crippen LogP contribution is -2.56. The van der Waals surface area contributed by atoms with Crippen LogP contribution in [-0.4, -0.2) is 11.3 Å². The molecule has 5 heteroatoms. The van der Waals surface area contributed by atoms with Crippen LogP contribution in [-0.2, 0) is 10.8 Å². The average molecular weight is 653 g/mol. The lowest BCUT2D eigenvalue weighted by Gasteiger charge is -2.44. The highest BCUT2D eigenvalue weighted by Crippen LogP contribution is 2.53. The molecule has 0 bridgehead atoms. The fraction of sp³-hybridized carbons (Fsp3) is 0.227. The van der Waals surface area contributed by atoms with E-state index in [0.29, 0.717) is 0 Å². The van der Waals surface area contributed by atoms with E-state index in [9.17, 15) is 0 Å². The van der Waals surface area contributed by atoms with Crippen molar-refractivity contribution < 1.29 is 4.42 Å². The fourth-order valence-corrected chi connectivity index (χ4v) is 10.9. The number of aryl methyl sites for hydroxylation is 2. The van der Waals surface area contributed by atoms with Crippen molar-refractivity contribution in [2.75, 3.05) is 4.90 Å². The van der Waals surface area contributed by atoms with Gasteiger partial charge in [0, 0.05) is 32.2 Å². The Morgan fingerprint density at radius 3 is 2.20 bits per heavy atom. The Labute approximate surface area is 290 Å². The minimum Gasteiger partial charge on any atom is -0.454 e. The normalized spacial score (nSPS) is 16.9. The molecule has 0 radical (unpaired) electrons. The molecule has 3 aliphatic rings. The number of fused-ring (bicyclic) bond motifs is 12. The van der Waals surface area contributed by atoms with Gasteiger partial charge >= 0.3 is 6.85 Å². The number of hydrogen-bond donors (Lipinski definition) is 0. The number of benzene rings is 5. The maximum absolute atomic E-state index is 6.72. The zero-order chi connectivity index (χ0) is 33.1. The predicted octanol–water partition coefficient (Wildman–Crippen LogP) is 11.1. The molecule has 5 heterocycles. The van der Waals surface area contributed by atoms with Crippen LogP contribution < -0.4 is 15.8 Å². The first-order valence-electron chi connectivity index (χ1n) is 17.7. The van der Waals surface area contributed by atoms with Gasteiger partial charge in [-0.25, -0.2) is 0 Å². The van der Waals surface area contributed by atoms with Crippen LogP contribution in [0.2, 0.25) is 0 Å². The highest BCUT2D eigenvalue weighted by Gasteiger charge is 2.46. The van der Waals surface area contributed by atoms with Gasteiger partial charge in [-0.1, -0.05) is 82.3 Å². The summed E-state index contributed by atoms with van der Waals surface area (Å²) in [5.74, 6) is 0. The van der Waals surface area contributed by atoms with Crippen molar-refractivity contribution in [3.8, 4) is 11.1 Å². The lowest BCUT2D eigenvalue weighted by atomic mass is 9.45. The van der Waals surface area contributed by atoms with Crippen LogP contribution >= 0.6 is 11.3 Å². The smallest absolute Gasteiger partial charge is 0.334 e. The Morgan fingerprint density at radius 1 is 0.673 bits per heavy atom. The summed E-state index contributed by atoms with van der Waals surface area (Å²) in [4.78, 5) is 2.65. The first-order chi connectivity index (χ1) is 23.6. The van der Waals surface area contributed by atoms with E-state index in [0.717, 1.165) is 11.2 Å². The Bertz CT molecular complexity index is 2770. The number of nitrogens with zero attached hydrogens (tertiary/aromatic N) is 2. The number of anilines is 3. The molecule has 0 saturated carbocycles. The first kappa shape index (κ1) is 28.1. The van der Waals surface area contributed by atoms with E-state index in [2.05, 4.69) is 142 Å². The molecule has 8 aromatic rings. The zero-order valence-corrected chi connectivity index (χ0v) is 29.7. The molecule has 0 unspecified atom stereocenters. The molecule has 2 aliphatic heterocycles.